The fourth-order valence-electron chi connectivity index (χ4n) is 1.83. The van der Waals surface area contributed by atoms with Crippen molar-refractivity contribution in [2.45, 2.75) is 6.92 Å². The highest BCUT2D eigenvalue weighted by molar-refractivity contribution is 7.14. The maximum atomic E-state index is 11.9. The number of nitrogens with one attached hydrogen (secondary N) is 2. The van der Waals surface area contributed by atoms with Crippen molar-refractivity contribution in [1.82, 2.24) is 5.32 Å². The van der Waals surface area contributed by atoms with Crippen molar-refractivity contribution in [2.24, 2.45) is 0 Å². The van der Waals surface area contributed by atoms with E-state index in [9.17, 15) is 9.59 Å². The van der Waals surface area contributed by atoms with Crippen LogP contribution in [-0.4, -0.2) is 32.1 Å². The van der Waals surface area contributed by atoms with Crippen LogP contribution in [0.4, 0.5) is 5.00 Å². The molecule has 122 valence electrons. The van der Waals surface area contributed by atoms with Crippen LogP contribution in [-0.2, 0) is 4.79 Å². The van der Waals surface area contributed by atoms with E-state index in [1.54, 1.807) is 42.8 Å². The number of ether oxygens (including phenoxy) is 2. The average molecular weight is 334 g/mol. The lowest BCUT2D eigenvalue weighted by molar-refractivity contribution is -0.118. The zero-order valence-corrected chi connectivity index (χ0v) is 13.7. The molecule has 1 aromatic heterocycles. The van der Waals surface area contributed by atoms with Crippen LogP contribution in [0.2, 0.25) is 0 Å². The molecule has 6 nitrogen and oxygen atoms in total. The van der Waals surface area contributed by atoms with E-state index < -0.39 is 0 Å². The Kier molecular flexibility index (Phi) is 5.99. The molecule has 1 aromatic carbocycles. The minimum atomic E-state index is -0.327. The molecule has 0 fully saturated rings. The van der Waals surface area contributed by atoms with Gasteiger partial charge in [-0.05, 0) is 42.6 Å². The molecule has 2 aromatic rings. The molecule has 23 heavy (non-hydrogen) atoms. The Balaban J connectivity index is 1.88. The van der Waals surface area contributed by atoms with Gasteiger partial charge in [-0.25, -0.2) is 0 Å². The molecule has 2 rings (SSSR count). The summed E-state index contributed by atoms with van der Waals surface area (Å²) in [4.78, 5) is 23.6. The van der Waals surface area contributed by atoms with Crippen molar-refractivity contribution >= 4 is 28.2 Å². The fraction of sp³-hybridized carbons (Fsp3) is 0.250. The predicted octanol–water partition coefficient (Wildman–Crippen LogP) is 2.52. The minimum Gasteiger partial charge on any atom is -0.494 e. The molecule has 0 spiro atoms. The van der Waals surface area contributed by atoms with E-state index in [1.165, 1.54) is 11.3 Å². The Hall–Kier alpha value is -2.54. The third-order valence-corrected chi connectivity index (χ3v) is 3.72. The topological polar surface area (TPSA) is 76.7 Å². The first-order valence-electron chi connectivity index (χ1n) is 7.09. The van der Waals surface area contributed by atoms with E-state index in [4.69, 9.17) is 9.47 Å². The first kappa shape index (κ1) is 16.8. The number of thiophene rings is 1. The highest BCUT2D eigenvalue weighted by Crippen LogP contribution is 2.23. The second-order valence-corrected chi connectivity index (χ2v) is 5.40. The SMILES string of the molecule is CCOc1ccc(OCC(=O)Nc2sccc2C(=O)NC)cc1. The Bertz CT molecular complexity index is 667. The molecule has 0 aliphatic heterocycles. The molecular formula is C16H18N2O4S. The zero-order valence-electron chi connectivity index (χ0n) is 12.9. The molecule has 2 N–H and O–H groups in total. The van der Waals surface area contributed by atoms with Crippen molar-refractivity contribution < 1.29 is 19.1 Å². The van der Waals surface area contributed by atoms with Gasteiger partial charge in [0.2, 0.25) is 0 Å². The van der Waals surface area contributed by atoms with E-state index in [2.05, 4.69) is 10.6 Å². The van der Waals surface area contributed by atoms with Crippen molar-refractivity contribution in [1.29, 1.82) is 0 Å². The van der Waals surface area contributed by atoms with Gasteiger partial charge in [-0.15, -0.1) is 11.3 Å². The molecule has 0 radical (unpaired) electrons. The zero-order chi connectivity index (χ0) is 16.7. The molecule has 1 heterocycles. The van der Waals surface area contributed by atoms with Crippen LogP contribution in [0.5, 0.6) is 11.5 Å². The minimum absolute atomic E-state index is 0.140. The standard InChI is InChI=1S/C16H18N2O4S/c1-3-21-11-4-6-12(7-5-11)22-10-14(19)18-16-13(8-9-23-16)15(20)17-2/h4-9H,3,10H2,1-2H3,(H,17,20)(H,18,19). The second-order valence-electron chi connectivity index (χ2n) is 4.48. The van der Waals surface area contributed by atoms with Crippen LogP contribution < -0.4 is 20.1 Å². The summed E-state index contributed by atoms with van der Waals surface area (Å²) in [7, 11) is 1.54. The largest absolute Gasteiger partial charge is 0.494 e. The van der Waals surface area contributed by atoms with Crippen molar-refractivity contribution in [3.8, 4) is 11.5 Å². The van der Waals surface area contributed by atoms with Crippen LogP contribution in [0.25, 0.3) is 0 Å². The molecule has 2 amide bonds. The van der Waals surface area contributed by atoms with Gasteiger partial charge in [0.25, 0.3) is 11.8 Å². The lowest BCUT2D eigenvalue weighted by Gasteiger charge is -2.08. The number of rotatable bonds is 7. The molecule has 0 atom stereocenters. The molecule has 0 aliphatic rings. The van der Waals surface area contributed by atoms with Crippen molar-refractivity contribution in [2.75, 3.05) is 25.6 Å². The summed E-state index contributed by atoms with van der Waals surface area (Å²) in [5, 5.41) is 7.45. The molecule has 0 unspecified atom stereocenters. The Morgan fingerprint density at radius 3 is 2.35 bits per heavy atom. The lowest BCUT2D eigenvalue weighted by atomic mass is 10.3. The molecule has 7 heteroatoms. The normalized spacial score (nSPS) is 10.0. The second kappa shape index (κ2) is 8.19. The average Bonchev–Trinajstić information content (AvgIpc) is 3.02. The third-order valence-electron chi connectivity index (χ3n) is 2.89. The summed E-state index contributed by atoms with van der Waals surface area (Å²) >= 11 is 1.29. The monoisotopic (exact) mass is 334 g/mol. The number of hydrogen-bond donors (Lipinski definition) is 2. The highest BCUT2D eigenvalue weighted by atomic mass is 32.1. The van der Waals surface area contributed by atoms with Gasteiger partial charge in [0.15, 0.2) is 6.61 Å². The van der Waals surface area contributed by atoms with Crippen molar-refractivity contribution in [3.63, 3.8) is 0 Å². The van der Waals surface area contributed by atoms with Crippen LogP contribution in [0, 0.1) is 0 Å². The predicted molar refractivity (Wildman–Crippen MR) is 89.4 cm³/mol. The maximum Gasteiger partial charge on any atom is 0.262 e. The first-order chi connectivity index (χ1) is 11.1. The molecule has 0 saturated carbocycles. The van der Waals surface area contributed by atoms with Crippen LogP contribution in [0.3, 0.4) is 0 Å². The fourth-order valence-corrected chi connectivity index (χ4v) is 2.63. The van der Waals surface area contributed by atoms with Gasteiger partial charge in [-0.2, -0.15) is 0 Å². The quantitative estimate of drug-likeness (QED) is 0.816. The maximum absolute atomic E-state index is 11.9. The van der Waals surface area contributed by atoms with Gasteiger partial charge in [0, 0.05) is 7.05 Å². The summed E-state index contributed by atoms with van der Waals surface area (Å²) in [5.74, 6) is 0.750. The molecular weight excluding hydrogens is 316 g/mol. The van der Waals surface area contributed by atoms with E-state index in [0.29, 0.717) is 22.9 Å². The summed E-state index contributed by atoms with van der Waals surface area (Å²) in [6.45, 7) is 2.36. The number of hydrogen-bond acceptors (Lipinski definition) is 5. The van der Waals surface area contributed by atoms with E-state index >= 15 is 0 Å². The van der Waals surface area contributed by atoms with E-state index in [-0.39, 0.29) is 18.4 Å². The van der Waals surface area contributed by atoms with E-state index in [1.807, 2.05) is 6.92 Å². The summed E-state index contributed by atoms with van der Waals surface area (Å²) < 4.78 is 10.7. The third kappa shape index (κ3) is 4.72. The van der Waals surface area contributed by atoms with Gasteiger partial charge in [-0.1, -0.05) is 0 Å². The summed E-state index contributed by atoms with van der Waals surface area (Å²) in [6, 6.07) is 8.69. The Morgan fingerprint density at radius 1 is 1.09 bits per heavy atom. The molecule has 0 aliphatic carbocycles. The van der Waals surface area contributed by atoms with Gasteiger partial charge < -0.3 is 20.1 Å². The van der Waals surface area contributed by atoms with Crippen LogP contribution in [0.15, 0.2) is 35.7 Å². The Labute approximate surface area is 138 Å². The van der Waals surface area contributed by atoms with E-state index in [0.717, 1.165) is 5.75 Å². The highest BCUT2D eigenvalue weighted by Gasteiger charge is 2.14. The van der Waals surface area contributed by atoms with Gasteiger partial charge in [0.1, 0.15) is 16.5 Å². The number of amides is 2. The van der Waals surface area contributed by atoms with Crippen LogP contribution in [0.1, 0.15) is 17.3 Å². The lowest BCUT2D eigenvalue weighted by Crippen LogP contribution is -2.23. The first-order valence-corrected chi connectivity index (χ1v) is 7.97. The molecule has 0 bridgehead atoms. The smallest absolute Gasteiger partial charge is 0.262 e. The number of carbonyl (C=O) groups excluding carboxylic acids is 2. The number of carbonyl (C=O) groups is 2. The van der Waals surface area contributed by atoms with Gasteiger partial charge >= 0.3 is 0 Å². The Morgan fingerprint density at radius 2 is 1.74 bits per heavy atom. The van der Waals surface area contributed by atoms with Gasteiger partial charge in [0.05, 0.1) is 12.2 Å². The summed E-state index contributed by atoms with van der Waals surface area (Å²) in [6.07, 6.45) is 0. The molecule has 0 saturated heterocycles. The van der Waals surface area contributed by atoms with Crippen molar-refractivity contribution in [3.05, 3.63) is 41.3 Å². The number of benzene rings is 1. The van der Waals surface area contributed by atoms with Gasteiger partial charge in [-0.3, -0.25) is 9.59 Å². The van der Waals surface area contributed by atoms with Crippen LogP contribution >= 0.6 is 11.3 Å². The number of anilines is 1. The summed E-state index contributed by atoms with van der Waals surface area (Å²) in [5.41, 5.74) is 0.437.